The van der Waals surface area contributed by atoms with Gasteiger partial charge in [0.05, 0.1) is 27.1 Å². The van der Waals surface area contributed by atoms with Gasteiger partial charge in [-0.15, -0.1) is 0 Å². The molecular formula is C15H22FN2O2+. The Kier molecular flexibility index (Phi) is 5.00. The maximum absolute atomic E-state index is 13.9. The summed E-state index contributed by atoms with van der Waals surface area (Å²) in [6.07, 6.45) is 0.249. The Morgan fingerprint density at radius 3 is 2.35 bits per heavy atom. The molecule has 0 atom stereocenters. The van der Waals surface area contributed by atoms with Crippen LogP contribution in [0.25, 0.3) is 0 Å². The highest BCUT2D eigenvalue weighted by atomic mass is 19.1. The molecule has 4 nitrogen and oxygen atoms in total. The monoisotopic (exact) mass is 281 g/mol. The van der Waals surface area contributed by atoms with E-state index in [1.54, 1.807) is 41.2 Å². The minimum absolute atomic E-state index is 0.0478. The lowest BCUT2D eigenvalue weighted by atomic mass is 10.1. The first-order valence-electron chi connectivity index (χ1n) is 6.49. The summed E-state index contributed by atoms with van der Waals surface area (Å²) in [6, 6.07) is 4.56. The zero-order valence-electron chi connectivity index (χ0n) is 12.7. The van der Waals surface area contributed by atoms with Gasteiger partial charge in [-0.1, -0.05) is 6.07 Å². The van der Waals surface area contributed by atoms with E-state index in [9.17, 15) is 14.0 Å². The van der Waals surface area contributed by atoms with Crippen molar-refractivity contribution in [2.45, 2.75) is 13.3 Å². The number of quaternary nitrogens is 1. The second-order valence-corrected chi connectivity index (χ2v) is 5.74. The van der Waals surface area contributed by atoms with Gasteiger partial charge in [-0.05, 0) is 24.6 Å². The summed E-state index contributed by atoms with van der Waals surface area (Å²) < 4.78 is 13.8. The SMILES string of the molecule is Cc1ccc(C(=O)[N+](C)(C)CCC(=O)N(C)C)c(F)c1. The number of hydrogen-bond donors (Lipinski definition) is 0. The van der Waals surface area contributed by atoms with Crippen molar-refractivity contribution in [3.05, 3.63) is 35.1 Å². The number of rotatable bonds is 4. The zero-order valence-corrected chi connectivity index (χ0v) is 12.7. The van der Waals surface area contributed by atoms with E-state index in [0.717, 1.165) is 5.56 Å². The Labute approximate surface area is 119 Å². The van der Waals surface area contributed by atoms with Crippen molar-refractivity contribution in [1.29, 1.82) is 0 Å². The van der Waals surface area contributed by atoms with Crippen molar-refractivity contribution < 1.29 is 18.5 Å². The van der Waals surface area contributed by atoms with E-state index in [0.29, 0.717) is 6.54 Å². The van der Waals surface area contributed by atoms with E-state index in [1.807, 2.05) is 0 Å². The Balaban J connectivity index is 2.86. The molecule has 0 spiro atoms. The Morgan fingerprint density at radius 2 is 1.85 bits per heavy atom. The van der Waals surface area contributed by atoms with Crippen LogP contribution in [0.3, 0.4) is 0 Å². The molecule has 0 N–H and O–H groups in total. The topological polar surface area (TPSA) is 37.4 Å². The predicted octanol–water partition coefficient (Wildman–Crippen LogP) is 1.83. The van der Waals surface area contributed by atoms with Gasteiger partial charge in [0.25, 0.3) is 0 Å². The molecule has 20 heavy (non-hydrogen) atoms. The van der Waals surface area contributed by atoms with Crippen molar-refractivity contribution in [3.63, 3.8) is 0 Å². The van der Waals surface area contributed by atoms with Crippen LogP contribution in [0.4, 0.5) is 4.39 Å². The van der Waals surface area contributed by atoms with Gasteiger partial charge in [-0.3, -0.25) is 9.28 Å². The van der Waals surface area contributed by atoms with Crippen molar-refractivity contribution in [1.82, 2.24) is 4.90 Å². The molecule has 0 saturated heterocycles. The fourth-order valence-corrected chi connectivity index (χ4v) is 1.82. The number of benzene rings is 1. The van der Waals surface area contributed by atoms with Crippen LogP contribution in [-0.4, -0.2) is 55.9 Å². The third-order valence-corrected chi connectivity index (χ3v) is 3.29. The summed E-state index contributed by atoms with van der Waals surface area (Å²) in [6.45, 7) is 2.11. The summed E-state index contributed by atoms with van der Waals surface area (Å²) in [4.78, 5) is 25.5. The highest BCUT2D eigenvalue weighted by molar-refractivity contribution is 5.89. The zero-order chi connectivity index (χ0) is 15.5. The Hall–Kier alpha value is -1.75. The molecule has 5 heteroatoms. The minimum atomic E-state index is -0.514. The van der Waals surface area contributed by atoms with Crippen LogP contribution in [-0.2, 0) is 4.79 Å². The average molecular weight is 281 g/mol. The van der Waals surface area contributed by atoms with Crippen molar-refractivity contribution >= 4 is 11.8 Å². The van der Waals surface area contributed by atoms with Gasteiger partial charge in [0.2, 0.25) is 5.91 Å². The molecule has 0 heterocycles. The van der Waals surface area contributed by atoms with Gasteiger partial charge >= 0.3 is 5.91 Å². The van der Waals surface area contributed by atoms with Gasteiger partial charge in [-0.2, -0.15) is 0 Å². The number of halogens is 1. The molecule has 1 rings (SSSR count). The van der Waals surface area contributed by atoms with E-state index < -0.39 is 5.82 Å². The maximum Gasteiger partial charge on any atom is 0.348 e. The van der Waals surface area contributed by atoms with Crippen LogP contribution in [0.15, 0.2) is 18.2 Å². The summed E-state index contributed by atoms with van der Waals surface area (Å²) >= 11 is 0. The van der Waals surface area contributed by atoms with E-state index in [4.69, 9.17) is 0 Å². The highest BCUT2D eigenvalue weighted by Gasteiger charge is 2.31. The van der Waals surface area contributed by atoms with Gasteiger partial charge in [0.15, 0.2) is 0 Å². The average Bonchev–Trinajstić information content (AvgIpc) is 2.35. The first-order chi connectivity index (χ1) is 9.15. The lowest BCUT2D eigenvalue weighted by molar-refractivity contribution is -0.807. The fraction of sp³-hybridized carbons (Fsp3) is 0.467. The van der Waals surface area contributed by atoms with Gasteiger partial charge in [0, 0.05) is 14.1 Å². The number of nitrogens with zero attached hydrogens (tertiary/aromatic N) is 2. The third-order valence-electron chi connectivity index (χ3n) is 3.29. The number of amides is 2. The number of carbonyl (C=O) groups excluding carboxylic acids is 2. The fourth-order valence-electron chi connectivity index (χ4n) is 1.82. The van der Waals surface area contributed by atoms with E-state index in [-0.39, 0.29) is 28.3 Å². The molecule has 0 aliphatic heterocycles. The van der Waals surface area contributed by atoms with Gasteiger partial charge < -0.3 is 4.90 Å². The standard InChI is InChI=1S/C15H22FN2O2/c1-11-6-7-12(13(16)10-11)15(20)18(4,5)9-8-14(19)17(2)3/h6-7,10H,8-9H2,1-5H3/q+1. The van der Waals surface area contributed by atoms with Crippen LogP contribution in [0, 0.1) is 12.7 Å². The highest BCUT2D eigenvalue weighted by Crippen LogP contribution is 2.16. The molecule has 0 fully saturated rings. The molecule has 0 bridgehead atoms. The molecule has 0 aliphatic carbocycles. The molecule has 110 valence electrons. The van der Waals surface area contributed by atoms with Crippen molar-refractivity contribution in [2.75, 3.05) is 34.7 Å². The lowest BCUT2D eigenvalue weighted by Crippen LogP contribution is -2.47. The van der Waals surface area contributed by atoms with Crippen LogP contribution in [0.2, 0.25) is 0 Å². The summed E-state index contributed by atoms with van der Waals surface area (Å²) in [5.41, 5.74) is 0.838. The first-order valence-corrected chi connectivity index (χ1v) is 6.49. The van der Waals surface area contributed by atoms with E-state index >= 15 is 0 Å². The molecule has 2 amide bonds. The summed E-state index contributed by atoms with van der Waals surface area (Å²) in [5.74, 6) is -0.887. The third kappa shape index (κ3) is 3.87. The van der Waals surface area contributed by atoms with E-state index in [1.165, 1.54) is 17.0 Å². The lowest BCUT2D eigenvalue weighted by Gasteiger charge is -2.27. The smallest absolute Gasteiger partial charge is 0.348 e. The number of carbonyl (C=O) groups is 2. The maximum atomic E-state index is 13.9. The van der Waals surface area contributed by atoms with Crippen LogP contribution in [0.1, 0.15) is 22.3 Å². The molecule has 0 aromatic heterocycles. The molecule has 1 aromatic carbocycles. The number of hydrogen-bond acceptors (Lipinski definition) is 2. The molecule has 0 saturated carbocycles. The van der Waals surface area contributed by atoms with Crippen LogP contribution in [0.5, 0.6) is 0 Å². The van der Waals surface area contributed by atoms with Gasteiger partial charge in [-0.25, -0.2) is 9.18 Å². The molecule has 0 unspecified atom stereocenters. The van der Waals surface area contributed by atoms with Crippen molar-refractivity contribution in [3.8, 4) is 0 Å². The molecular weight excluding hydrogens is 259 g/mol. The second kappa shape index (κ2) is 6.13. The van der Waals surface area contributed by atoms with Crippen LogP contribution < -0.4 is 0 Å². The minimum Gasteiger partial charge on any atom is -0.349 e. The summed E-state index contributed by atoms with van der Waals surface area (Å²) in [7, 11) is 6.71. The number of aryl methyl sites for hydroxylation is 1. The molecule has 1 aromatic rings. The second-order valence-electron chi connectivity index (χ2n) is 5.74. The summed E-state index contributed by atoms with van der Waals surface area (Å²) in [5, 5.41) is 0. The Morgan fingerprint density at radius 1 is 1.25 bits per heavy atom. The quantitative estimate of drug-likeness (QED) is 0.790. The largest absolute Gasteiger partial charge is 0.349 e. The van der Waals surface area contributed by atoms with Crippen LogP contribution >= 0.6 is 0 Å². The normalized spacial score (nSPS) is 11.3. The molecule has 0 aliphatic rings. The van der Waals surface area contributed by atoms with Crippen molar-refractivity contribution in [2.24, 2.45) is 0 Å². The first kappa shape index (κ1) is 16.3. The Bertz CT molecular complexity index is 525. The van der Waals surface area contributed by atoms with Gasteiger partial charge in [0.1, 0.15) is 11.4 Å². The predicted molar refractivity (Wildman–Crippen MR) is 75.8 cm³/mol. The van der Waals surface area contributed by atoms with E-state index in [2.05, 4.69) is 0 Å². The molecule has 0 radical (unpaired) electrons.